The molecule has 2 aromatic rings. The zero-order chi connectivity index (χ0) is 12.8. The Morgan fingerprint density at radius 2 is 2.00 bits per heavy atom. The highest BCUT2D eigenvalue weighted by Crippen LogP contribution is 2.24. The number of nitrogens with zero attached hydrogens (tertiary/aromatic N) is 1. The van der Waals surface area contributed by atoms with Crippen LogP contribution in [0.5, 0.6) is 0 Å². The molecule has 1 aromatic heterocycles. The summed E-state index contributed by atoms with van der Waals surface area (Å²) >= 11 is 5.95. The Bertz CT molecular complexity index is 520. The Morgan fingerprint density at radius 3 is 2.79 bits per heavy atom. The second-order valence-electron chi connectivity index (χ2n) is 4.23. The molecule has 0 saturated heterocycles. The van der Waals surface area contributed by atoms with Crippen LogP contribution in [0.3, 0.4) is 0 Å². The molecule has 2 N–H and O–H groups in total. The zero-order valence-corrected chi connectivity index (χ0v) is 12.2. The number of fused-ring (bicyclic) bond motifs is 1. The zero-order valence-electron chi connectivity index (χ0n) is 10.6. The van der Waals surface area contributed by atoms with Crippen LogP contribution in [-0.2, 0) is 0 Å². The van der Waals surface area contributed by atoms with Gasteiger partial charge in [0.05, 0.1) is 5.52 Å². The highest BCUT2D eigenvalue weighted by Gasteiger charge is 2.01. The molecule has 0 aliphatic heterocycles. The van der Waals surface area contributed by atoms with Crippen LogP contribution in [0.4, 0.5) is 5.69 Å². The van der Waals surface area contributed by atoms with Crippen molar-refractivity contribution in [3.05, 3.63) is 35.5 Å². The first-order valence-electron chi connectivity index (χ1n) is 6.20. The van der Waals surface area contributed by atoms with Gasteiger partial charge in [-0.15, -0.1) is 12.4 Å². The summed E-state index contributed by atoms with van der Waals surface area (Å²) in [5.74, 6) is 0. The molecule has 0 spiro atoms. The highest BCUT2D eigenvalue weighted by atomic mass is 35.5. The lowest BCUT2D eigenvalue weighted by molar-refractivity contribution is 0.283. The lowest BCUT2D eigenvalue weighted by Gasteiger charge is -2.09. The third-order valence-corrected chi connectivity index (χ3v) is 3.09. The molecule has 19 heavy (non-hydrogen) atoms. The average molecular weight is 301 g/mol. The molecule has 2 rings (SSSR count). The van der Waals surface area contributed by atoms with Gasteiger partial charge in [0.25, 0.3) is 0 Å². The largest absolute Gasteiger partial charge is 0.396 e. The van der Waals surface area contributed by atoms with Crippen LogP contribution in [0.1, 0.15) is 19.3 Å². The van der Waals surface area contributed by atoms with E-state index in [1.165, 1.54) is 0 Å². The summed E-state index contributed by atoms with van der Waals surface area (Å²) in [6, 6.07) is 7.71. The molecule has 0 unspecified atom stereocenters. The Kier molecular flexibility index (Phi) is 6.92. The number of aromatic nitrogens is 1. The van der Waals surface area contributed by atoms with Crippen molar-refractivity contribution in [3.63, 3.8) is 0 Å². The number of halogens is 2. The molecule has 0 saturated carbocycles. The molecular weight excluding hydrogens is 283 g/mol. The lowest BCUT2D eigenvalue weighted by atomic mass is 10.2. The number of pyridine rings is 1. The van der Waals surface area contributed by atoms with Gasteiger partial charge in [-0.25, -0.2) is 0 Å². The first-order chi connectivity index (χ1) is 8.81. The average Bonchev–Trinajstić information content (AvgIpc) is 2.38. The molecule has 0 fully saturated rings. The first kappa shape index (κ1) is 16.0. The Balaban J connectivity index is 0.00000180. The van der Waals surface area contributed by atoms with Crippen LogP contribution in [-0.4, -0.2) is 23.2 Å². The monoisotopic (exact) mass is 300 g/mol. The number of anilines is 1. The predicted molar refractivity (Wildman–Crippen MR) is 83.4 cm³/mol. The minimum atomic E-state index is 0. The van der Waals surface area contributed by atoms with Crippen LogP contribution in [0, 0.1) is 0 Å². The van der Waals surface area contributed by atoms with Crippen molar-refractivity contribution >= 4 is 40.6 Å². The maximum absolute atomic E-state index is 8.71. The standard InChI is InChI=1S/C14H17ClN2O.ClH/c15-11-4-5-12-13(6-8-17-14(12)10-11)16-7-2-1-3-9-18;/h4-6,8,10,18H,1-3,7,9H2,(H,16,17);1H. The molecule has 1 aromatic carbocycles. The normalized spacial score (nSPS) is 10.2. The number of aliphatic hydroxyl groups excluding tert-OH is 1. The number of rotatable bonds is 6. The summed E-state index contributed by atoms with van der Waals surface area (Å²) in [4.78, 5) is 4.30. The van der Waals surface area contributed by atoms with Gasteiger partial charge < -0.3 is 10.4 Å². The first-order valence-corrected chi connectivity index (χ1v) is 6.58. The molecule has 104 valence electrons. The third kappa shape index (κ3) is 4.53. The van der Waals surface area contributed by atoms with Crippen molar-refractivity contribution in [2.24, 2.45) is 0 Å². The molecule has 1 heterocycles. The third-order valence-electron chi connectivity index (χ3n) is 2.86. The topological polar surface area (TPSA) is 45.1 Å². The minimum absolute atomic E-state index is 0. The van der Waals surface area contributed by atoms with Gasteiger partial charge in [0.15, 0.2) is 0 Å². The van der Waals surface area contributed by atoms with Crippen molar-refractivity contribution in [3.8, 4) is 0 Å². The Labute approximate surface area is 124 Å². The van der Waals surface area contributed by atoms with Crippen molar-refractivity contribution in [1.82, 2.24) is 4.98 Å². The second-order valence-corrected chi connectivity index (χ2v) is 4.67. The van der Waals surface area contributed by atoms with E-state index in [0.717, 1.165) is 42.4 Å². The van der Waals surface area contributed by atoms with E-state index in [9.17, 15) is 0 Å². The van der Waals surface area contributed by atoms with Crippen LogP contribution in [0.25, 0.3) is 10.9 Å². The van der Waals surface area contributed by atoms with E-state index >= 15 is 0 Å². The molecule has 5 heteroatoms. The number of benzene rings is 1. The summed E-state index contributed by atoms with van der Waals surface area (Å²) in [6.07, 6.45) is 4.75. The van der Waals surface area contributed by atoms with Gasteiger partial charge in [-0.05, 0) is 43.5 Å². The fourth-order valence-electron chi connectivity index (χ4n) is 1.91. The highest BCUT2D eigenvalue weighted by molar-refractivity contribution is 6.31. The van der Waals surface area contributed by atoms with Gasteiger partial charge >= 0.3 is 0 Å². The number of nitrogens with one attached hydrogen (secondary N) is 1. The van der Waals surface area contributed by atoms with Gasteiger partial charge in [0, 0.05) is 35.4 Å². The summed E-state index contributed by atoms with van der Waals surface area (Å²) < 4.78 is 0. The number of unbranched alkanes of at least 4 members (excludes halogenated alkanes) is 2. The maximum atomic E-state index is 8.71. The van der Waals surface area contributed by atoms with Gasteiger partial charge in [-0.2, -0.15) is 0 Å². The van der Waals surface area contributed by atoms with E-state index in [4.69, 9.17) is 16.7 Å². The quantitative estimate of drug-likeness (QED) is 0.796. The van der Waals surface area contributed by atoms with Crippen molar-refractivity contribution in [1.29, 1.82) is 0 Å². The van der Waals surface area contributed by atoms with Gasteiger partial charge in [0.1, 0.15) is 0 Å². The van der Waals surface area contributed by atoms with Crippen LogP contribution < -0.4 is 5.32 Å². The van der Waals surface area contributed by atoms with E-state index in [1.807, 2.05) is 24.3 Å². The van der Waals surface area contributed by atoms with E-state index < -0.39 is 0 Å². The molecule has 3 nitrogen and oxygen atoms in total. The molecular formula is C14H18Cl2N2O. The molecule has 0 amide bonds. The molecule has 0 bridgehead atoms. The van der Waals surface area contributed by atoms with Crippen LogP contribution in [0.15, 0.2) is 30.5 Å². The van der Waals surface area contributed by atoms with Gasteiger partial charge in [-0.3, -0.25) is 4.98 Å². The summed E-state index contributed by atoms with van der Waals surface area (Å²) in [5.41, 5.74) is 1.99. The van der Waals surface area contributed by atoms with Gasteiger partial charge in [0.2, 0.25) is 0 Å². The maximum Gasteiger partial charge on any atom is 0.0737 e. The molecule has 0 atom stereocenters. The number of hydrogen-bond acceptors (Lipinski definition) is 3. The van der Waals surface area contributed by atoms with Crippen LogP contribution >= 0.6 is 24.0 Å². The van der Waals surface area contributed by atoms with Crippen molar-refractivity contribution in [2.45, 2.75) is 19.3 Å². The number of aliphatic hydroxyl groups is 1. The van der Waals surface area contributed by atoms with Crippen molar-refractivity contribution < 1.29 is 5.11 Å². The molecule has 0 radical (unpaired) electrons. The number of hydrogen-bond donors (Lipinski definition) is 2. The van der Waals surface area contributed by atoms with Crippen LogP contribution in [0.2, 0.25) is 5.02 Å². The van der Waals surface area contributed by atoms with E-state index in [0.29, 0.717) is 5.02 Å². The fourth-order valence-corrected chi connectivity index (χ4v) is 2.08. The fraction of sp³-hybridized carbons (Fsp3) is 0.357. The predicted octanol–water partition coefficient (Wildman–Crippen LogP) is 3.88. The summed E-state index contributed by atoms with van der Waals surface area (Å²) in [7, 11) is 0. The summed E-state index contributed by atoms with van der Waals surface area (Å²) in [6.45, 7) is 1.18. The Hall–Kier alpha value is -1.03. The molecule has 0 aliphatic carbocycles. The summed E-state index contributed by atoms with van der Waals surface area (Å²) in [5, 5.41) is 13.9. The van der Waals surface area contributed by atoms with E-state index in [-0.39, 0.29) is 19.0 Å². The Morgan fingerprint density at radius 1 is 1.16 bits per heavy atom. The smallest absolute Gasteiger partial charge is 0.0737 e. The minimum Gasteiger partial charge on any atom is -0.396 e. The lowest BCUT2D eigenvalue weighted by Crippen LogP contribution is -2.02. The second kappa shape index (κ2) is 8.20. The van der Waals surface area contributed by atoms with E-state index in [1.54, 1.807) is 6.20 Å². The van der Waals surface area contributed by atoms with Gasteiger partial charge in [-0.1, -0.05) is 11.6 Å². The SMILES string of the molecule is Cl.OCCCCCNc1ccnc2cc(Cl)ccc12. The van der Waals surface area contributed by atoms with Crippen molar-refractivity contribution in [2.75, 3.05) is 18.5 Å². The molecule has 0 aliphatic rings. The van der Waals surface area contributed by atoms with E-state index in [2.05, 4.69) is 10.3 Å².